The molecule has 0 fully saturated rings. The first kappa shape index (κ1) is 20.9. The molecular formula is C22H22N2O6. The monoisotopic (exact) mass is 410 g/mol. The van der Waals surface area contributed by atoms with Gasteiger partial charge in [0, 0.05) is 23.2 Å². The maximum absolute atomic E-state index is 12.6. The largest absolute Gasteiger partial charge is 0.496 e. The third kappa shape index (κ3) is 4.60. The van der Waals surface area contributed by atoms with Crippen LogP contribution in [0, 0.1) is 0 Å². The number of ether oxygens (including phenoxy) is 1. The van der Waals surface area contributed by atoms with Crippen LogP contribution < -0.4 is 21.0 Å². The van der Waals surface area contributed by atoms with Crippen molar-refractivity contribution in [1.82, 2.24) is 5.32 Å². The number of amides is 2. The summed E-state index contributed by atoms with van der Waals surface area (Å²) in [5.74, 6) is 0.0529. The second-order valence-corrected chi connectivity index (χ2v) is 6.67. The van der Waals surface area contributed by atoms with Gasteiger partial charge in [-0.2, -0.15) is 0 Å². The predicted octanol–water partition coefficient (Wildman–Crippen LogP) is 3.77. The fourth-order valence-corrected chi connectivity index (χ4v) is 3.14. The molecule has 1 aromatic heterocycles. The van der Waals surface area contributed by atoms with Gasteiger partial charge in [-0.1, -0.05) is 25.5 Å². The molecule has 3 rings (SSSR count). The molecule has 0 bridgehead atoms. The number of carbonyl (C=O) groups is 2. The van der Waals surface area contributed by atoms with Crippen LogP contribution in [0.2, 0.25) is 0 Å². The van der Waals surface area contributed by atoms with Gasteiger partial charge in [-0.15, -0.1) is 0 Å². The van der Waals surface area contributed by atoms with E-state index in [1.807, 2.05) is 6.92 Å². The molecule has 2 amide bonds. The van der Waals surface area contributed by atoms with Gasteiger partial charge in [0.1, 0.15) is 16.9 Å². The lowest BCUT2D eigenvalue weighted by molar-refractivity contribution is 0.102. The summed E-state index contributed by atoms with van der Waals surface area (Å²) in [6.45, 7) is 2.17. The average Bonchev–Trinajstić information content (AvgIpc) is 2.73. The molecule has 0 unspecified atom stereocenters. The standard InChI is InChI=1S/C22H22N2O6/c1-3-4-16-18(29-2)10-7-14-11-17(21(26)30-19(14)16)20(25)24-15-8-5-13(6-9-15)12-23-22(27)28/h5-11,23H,3-4,12H2,1-2H3,(H,24,25)(H,27,28). The van der Waals surface area contributed by atoms with Gasteiger partial charge in [-0.3, -0.25) is 4.79 Å². The molecule has 0 spiro atoms. The van der Waals surface area contributed by atoms with Crippen molar-refractivity contribution >= 4 is 28.7 Å². The normalized spacial score (nSPS) is 10.6. The van der Waals surface area contributed by atoms with E-state index in [0.717, 1.165) is 17.5 Å². The number of nitrogens with one attached hydrogen (secondary N) is 2. The van der Waals surface area contributed by atoms with Crippen LogP contribution in [-0.4, -0.2) is 24.2 Å². The molecule has 30 heavy (non-hydrogen) atoms. The SMILES string of the molecule is CCCc1c(OC)ccc2cc(C(=O)Nc3ccc(CNC(=O)O)cc3)c(=O)oc12. The van der Waals surface area contributed by atoms with Crippen molar-refractivity contribution in [2.75, 3.05) is 12.4 Å². The highest BCUT2D eigenvalue weighted by Crippen LogP contribution is 2.29. The molecule has 0 aliphatic carbocycles. The molecule has 0 aliphatic rings. The van der Waals surface area contributed by atoms with E-state index in [9.17, 15) is 14.4 Å². The third-order valence-electron chi connectivity index (χ3n) is 4.58. The maximum Gasteiger partial charge on any atom is 0.404 e. The zero-order valence-corrected chi connectivity index (χ0v) is 16.7. The average molecular weight is 410 g/mol. The predicted molar refractivity (Wildman–Crippen MR) is 112 cm³/mol. The number of benzene rings is 2. The van der Waals surface area contributed by atoms with E-state index in [0.29, 0.717) is 28.8 Å². The zero-order chi connectivity index (χ0) is 21.7. The summed E-state index contributed by atoms with van der Waals surface area (Å²) in [5.41, 5.74) is 1.60. The summed E-state index contributed by atoms with van der Waals surface area (Å²) < 4.78 is 10.9. The number of rotatable bonds is 7. The van der Waals surface area contributed by atoms with Crippen LogP contribution >= 0.6 is 0 Å². The van der Waals surface area contributed by atoms with E-state index in [-0.39, 0.29) is 12.1 Å². The summed E-state index contributed by atoms with van der Waals surface area (Å²) >= 11 is 0. The molecule has 3 N–H and O–H groups in total. The number of methoxy groups -OCH3 is 1. The van der Waals surface area contributed by atoms with Crippen molar-refractivity contribution < 1.29 is 23.8 Å². The first-order chi connectivity index (χ1) is 14.4. The number of anilines is 1. The Kier molecular flexibility index (Phi) is 6.36. The molecule has 2 aromatic carbocycles. The zero-order valence-electron chi connectivity index (χ0n) is 16.7. The van der Waals surface area contributed by atoms with E-state index in [2.05, 4.69) is 10.6 Å². The van der Waals surface area contributed by atoms with E-state index in [1.165, 1.54) is 6.07 Å². The number of aryl methyl sites for hydroxylation is 1. The van der Waals surface area contributed by atoms with Gasteiger partial charge in [-0.25, -0.2) is 9.59 Å². The first-order valence-electron chi connectivity index (χ1n) is 9.43. The van der Waals surface area contributed by atoms with Crippen LogP contribution in [0.4, 0.5) is 10.5 Å². The number of hydrogen-bond donors (Lipinski definition) is 3. The summed E-state index contributed by atoms with van der Waals surface area (Å²) in [5, 5.41) is 14.2. The quantitative estimate of drug-likeness (QED) is 0.510. The topological polar surface area (TPSA) is 118 Å². The highest BCUT2D eigenvalue weighted by Gasteiger charge is 2.17. The van der Waals surface area contributed by atoms with Crippen molar-refractivity contribution in [1.29, 1.82) is 0 Å². The van der Waals surface area contributed by atoms with Crippen molar-refractivity contribution in [3.63, 3.8) is 0 Å². The minimum atomic E-state index is -1.12. The van der Waals surface area contributed by atoms with Gasteiger partial charge < -0.3 is 24.9 Å². The minimum Gasteiger partial charge on any atom is -0.496 e. The molecule has 1 heterocycles. The van der Waals surface area contributed by atoms with Crippen molar-refractivity contribution in [2.45, 2.75) is 26.3 Å². The molecule has 0 radical (unpaired) electrons. The minimum absolute atomic E-state index is 0.105. The van der Waals surface area contributed by atoms with E-state index in [1.54, 1.807) is 43.5 Å². The van der Waals surface area contributed by atoms with Gasteiger partial charge in [-0.05, 0) is 42.3 Å². The lowest BCUT2D eigenvalue weighted by Crippen LogP contribution is -2.21. The van der Waals surface area contributed by atoms with Crippen molar-refractivity contribution in [3.8, 4) is 5.75 Å². The van der Waals surface area contributed by atoms with Gasteiger partial charge in [0.15, 0.2) is 0 Å². The van der Waals surface area contributed by atoms with Crippen LogP contribution in [-0.2, 0) is 13.0 Å². The second-order valence-electron chi connectivity index (χ2n) is 6.67. The lowest BCUT2D eigenvalue weighted by atomic mass is 10.0. The smallest absolute Gasteiger partial charge is 0.404 e. The van der Waals surface area contributed by atoms with Crippen molar-refractivity contribution in [3.05, 3.63) is 69.6 Å². The van der Waals surface area contributed by atoms with Crippen molar-refractivity contribution in [2.24, 2.45) is 0 Å². The molecule has 8 nitrogen and oxygen atoms in total. The lowest BCUT2D eigenvalue weighted by Gasteiger charge is -2.11. The summed E-state index contributed by atoms with van der Waals surface area (Å²) in [7, 11) is 1.56. The van der Waals surface area contributed by atoms with E-state index < -0.39 is 17.6 Å². The van der Waals surface area contributed by atoms with Crippen LogP contribution in [0.15, 0.2) is 51.7 Å². The molecule has 3 aromatic rings. The summed E-state index contributed by atoms with van der Waals surface area (Å²) in [6.07, 6.45) is 0.410. The highest BCUT2D eigenvalue weighted by atomic mass is 16.5. The molecule has 0 saturated carbocycles. The van der Waals surface area contributed by atoms with E-state index in [4.69, 9.17) is 14.3 Å². The van der Waals surface area contributed by atoms with Crippen LogP contribution in [0.3, 0.4) is 0 Å². The molecule has 0 aliphatic heterocycles. The third-order valence-corrected chi connectivity index (χ3v) is 4.58. The highest BCUT2D eigenvalue weighted by molar-refractivity contribution is 6.05. The number of carbonyl (C=O) groups excluding carboxylic acids is 1. The molecule has 156 valence electrons. The Morgan fingerprint density at radius 3 is 2.50 bits per heavy atom. The Labute approximate surface area is 172 Å². The van der Waals surface area contributed by atoms with Gasteiger partial charge in [0.25, 0.3) is 5.91 Å². The Morgan fingerprint density at radius 1 is 1.13 bits per heavy atom. The Bertz CT molecular complexity index is 1130. The fraction of sp³-hybridized carbons (Fsp3) is 0.227. The van der Waals surface area contributed by atoms with Crippen LogP contribution in [0.25, 0.3) is 11.0 Å². The number of fused-ring (bicyclic) bond motifs is 1. The van der Waals surface area contributed by atoms with Crippen LogP contribution in [0.1, 0.15) is 34.8 Å². The second kappa shape index (κ2) is 9.13. The first-order valence-corrected chi connectivity index (χ1v) is 9.43. The maximum atomic E-state index is 12.6. The number of carboxylic acid groups (broad SMARTS) is 1. The van der Waals surface area contributed by atoms with E-state index >= 15 is 0 Å². The summed E-state index contributed by atoms with van der Waals surface area (Å²) in [4.78, 5) is 35.7. The Morgan fingerprint density at radius 2 is 1.87 bits per heavy atom. The Balaban J connectivity index is 1.85. The number of hydrogen-bond acceptors (Lipinski definition) is 5. The van der Waals surface area contributed by atoms with Gasteiger partial charge in [0.05, 0.1) is 7.11 Å². The Hall–Kier alpha value is -3.81. The fourth-order valence-electron chi connectivity index (χ4n) is 3.14. The van der Waals surface area contributed by atoms with Gasteiger partial charge >= 0.3 is 11.7 Å². The summed E-state index contributed by atoms with van der Waals surface area (Å²) in [6, 6.07) is 11.7. The molecular weight excluding hydrogens is 388 g/mol. The molecule has 0 atom stereocenters. The van der Waals surface area contributed by atoms with Crippen LogP contribution in [0.5, 0.6) is 5.75 Å². The van der Waals surface area contributed by atoms with Gasteiger partial charge in [0.2, 0.25) is 0 Å². The molecule has 0 saturated heterocycles. The molecule has 8 heteroatoms.